The molecular formula is C24H26N4O3S. The summed E-state index contributed by atoms with van der Waals surface area (Å²) in [5.74, 6) is 0.0407. The summed E-state index contributed by atoms with van der Waals surface area (Å²) < 4.78 is 0.682. The van der Waals surface area contributed by atoms with E-state index in [1.165, 1.54) is 11.1 Å². The molecule has 2 aromatic heterocycles. The Morgan fingerprint density at radius 2 is 1.94 bits per heavy atom. The van der Waals surface area contributed by atoms with Crippen molar-refractivity contribution in [2.45, 2.75) is 32.2 Å². The Hall–Kier alpha value is -3.04. The summed E-state index contributed by atoms with van der Waals surface area (Å²) in [6.45, 7) is 2.10. The summed E-state index contributed by atoms with van der Waals surface area (Å²) in [6, 6.07) is 17.6. The van der Waals surface area contributed by atoms with Gasteiger partial charge in [-0.3, -0.25) is 15.1 Å². The van der Waals surface area contributed by atoms with Crippen LogP contribution < -0.4 is 15.5 Å². The highest BCUT2D eigenvalue weighted by molar-refractivity contribution is 7.16. The number of hydrogen-bond donors (Lipinski definition) is 5. The van der Waals surface area contributed by atoms with E-state index in [4.69, 9.17) is 0 Å². The number of phenolic OH excluding ortho intramolecular Hbond substituents is 1. The zero-order valence-corrected chi connectivity index (χ0v) is 18.4. The summed E-state index contributed by atoms with van der Waals surface area (Å²) >= 11 is 1.04. The molecule has 8 heteroatoms. The highest BCUT2D eigenvalue weighted by Crippen LogP contribution is 2.28. The van der Waals surface area contributed by atoms with Crippen LogP contribution in [0.1, 0.15) is 22.4 Å². The third-order valence-electron chi connectivity index (χ3n) is 5.20. The minimum absolute atomic E-state index is 0.0407. The Morgan fingerprint density at radius 3 is 2.78 bits per heavy atom. The SMILES string of the molecule is O=c1[nH]c2c(O)ccc(CC(O)NCCc3cccc(CNCc4ccccn4)c3)c2s1. The Labute approximate surface area is 189 Å². The first-order valence-corrected chi connectivity index (χ1v) is 11.3. The number of nitrogens with one attached hydrogen (secondary N) is 3. The fraction of sp³-hybridized carbons (Fsp3) is 0.250. The third kappa shape index (κ3) is 5.80. The van der Waals surface area contributed by atoms with E-state index in [1.54, 1.807) is 18.3 Å². The van der Waals surface area contributed by atoms with E-state index in [0.717, 1.165) is 42.1 Å². The predicted octanol–water partition coefficient (Wildman–Crippen LogP) is 2.67. The molecule has 2 aromatic carbocycles. The van der Waals surface area contributed by atoms with Gasteiger partial charge in [0.2, 0.25) is 0 Å². The van der Waals surface area contributed by atoms with Crippen LogP contribution in [0.15, 0.2) is 65.6 Å². The first-order valence-electron chi connectivity index (χ1n) is 10.5. The number of benzene rings is 2. The van der Waals surface area contributed by atoms with Gasteiger partial charge in [-0.1, -0.05) is 47.7 Å². The van der Waals surface area contributed by atoms with Crippen molar-refractivity contribution < 1.29 is 10.2 Å². The molecule has 32 heavy (non-hydrogen) atoms. The number of aromatic amines is 1. The Bertz CT molecular complexity index is 1220. The van der Waals surface area contributed by atoms with E-state index < -0.39 is 6.23 Å². The van der Waals surface area contributed by atoms with Crippen molar-refractivity contribution >= 4 is 21.6 Å². The molecule has 4 aromatic rings. The fourth-order valence-corrected chi connectivity index (χ4v) is 4.51. The average Bonchev–Trinajstić information content (AvgIpc) is 3.19. The predicted molar refractivity (Wildman–Crippen MR) is 127 cm³/mol. The number of aromatic nitrogens is 2. The summed E-state index contributed by atoms with van der Waals surface area (Å²) in [6.07, 6.45) is 2.18. The van der Waals surface area contributed by atoms with Gasteiger partial charge in [0, 0.05) is 32.3 Å². The Balaban J connectivity index is 1.26. The zero-order valence-electron chi connectivity index (χ0n) is 17.5. The van der Waals surface area contributed by atoms with Crippen molar-refractivity contribution in [3.63, 3.8) is 0 Å². The maximum absolute atomic E-state index is 11.6. The number of aliphatic hydroxyl groups excluding tert-OH is 1. The van der Waals surface area contributed by atoms with Crippen molar-refractivity contribution in [2.75, 3.05) is 6.54 Å². The number of rotatable bonds is 10. The summed E-state index contributed by atoms with van der Waals surface area (Å²) in [5.41, 5.74) is 4.66. The average molecular weight is 451 g/mol. The summed E-state index contributed by atoms with van der Waals surface area (Å²) in [5, 5.41) is 26.9. The number of thiazole rings is 1. The third-order valence-corrected chi connectivity index (χ3v) is 6.16. The molecule has 5 N–H and O–H groups in total. The van der Waals surface area contributed by atoms with E-state index in [9.17, 15) is 15.0 Å². The van der Waals surface area contributed by atoms with Crippen molar-refractivity contribution in [1.29, 1.82) is 0 Å². The first kappa shape index (κ1) is 22.2. The molecule has 1 atom stereocenters. The van der Waals surface area contributed by atoms with E-state index >= 15 is 0 Å². The quantitative estimate of drug-likeness (QED) is 0.238. The maximum atomic E-state index is 11.6. The van der Waals surface area contributed by atoms with Crippen molar-refractivity contribution in [3.05, 3.63) is 92.8 Å². The molecule has 0 radical (unpaired) electrons. The van der Waals surface area contributed by atoms with E-state index in [0.29, 0.717) is 23.2 Å². The van der Waals surface area contributed by atoms with Gasteiger partial charge in [0.05, 0.1) is 10.4 Å². The van der Waals surface area contributed by atoms with Crippen LogP contribution in [-0.4, -0.2) is 33.0 Å². The van der Waals surface area contributed by atoms with Gasteiger partial charge in [0.1, 0.15) is 17.5 Å². The zero-order chi connectivity index (χ0) is 22.3. The molecular weight excluding hydrogens is 424 g/mol. The van der Waals surface area contributed by atoms with E-state index in [-0.39, 0.29) is 10.6 Å². The summed E-state index contributed by atoms with van der Waals surface area (Å²) in [4.78, 5) is 18.4. The lowest BCUT2D eigenvalue weighted by Gasteiger charge is -2.14. The topological polar surface area (TPSA) is 110 Å². The molecule has 2 heterocycles. The molecule has 0 aliphatic carbocycles. The van der Waals surface area contributed by atoms with Crippen LogP contribution in [0.25, 0.3) is 10.2 Å². The van der Waals surface area contributed by atoms with Crippen LogP contribution in [0.4, 0.5) is 0 Å². The highest BCUT2D eigenvalue weighted by atomic mass is 32.1. The molecule has 0 aliphatic rings. The minimum Gasteiger partial charge on any atom is -0.506 e. The van der Waals surface area contributed by atoms with Gasteiger partial charge in [-0.05, 0) is 41.3 Å². The van der Waals surface area contributed by atoms with Gasteiger partial charge < -0.3 is 20.5 Å². The van der Waals surface area contributed by atoms with Crippen LogP contribution in [0.5, 0.6) is 5.75 Å². The molecule has 4 rings (SSSR count). The summed E-state index contributed by atoms with van der Waals surface area (Å²) in [7, 11) is 0. The Kier molecular flexibility index (Phi) is 7.28. The van der Waals surface area contributed by atoms with Gasteiger partial charge >= 0.3 is 4.87 Å². The smallest absolute Gasteiger partial charge is 0.305 e. The van der Waals surface area contributed by atoms with E-state index in [2.05, 4.69) is 38.8 Å². The number of phenols is 1. The van der Waals surface area contributed by atoms with Gasteiger partial charge in [-0.15, -0.1) is 0 Å². The first-order chi connectivity index (χ1) is 15.6. The lowest BCUT2D eigenvalue weighted by atomic mass is 10.1. The monoisotopic (exact) mass is 450 g/mol. The lowest BCUT2D eigenvalue weighted by Crippen LogP contribution is -2.32. The van der Waals surface area contributed by atoms with Gasteiger partial charge in [0.25, 0.3) is 0 Å². The van der Waals surface area contributed by atoms with Crippen LogP contribution in [-0.2, 0) is 25.9 Å². The molecule has 1 unspecified atom stereocenters. The maximum Gasteiger partial charge on any atom is 0.305 e. The number of aromatic hydroxyl groups is 1. The standard InChI is InChI=1S/C24H26N4O3S/c29-20-8-7-18(23-22(20)28-24(31)32-23)13-21(30)27-11-9-16-4-3-5-17(12-16)14-25-15-19-6-1-2-10-26-19/h1-8,10,12,21,25,27,29-30H,9,11,13-15H2,(H,28,31). The van der Waals surface area contributed by atoms with Crippen LogP contribution in [0, 0.1) is 0 Å². The normalized spacial score (nSPS) is 12.3. The number of hydrogen-bond acceptors (Lipinski definition) is 7. The number of fused-ring (bicyclic) bond motifs is 1. The number of pyridine rings is 1. The Morgan fingerprint density at radius 1 is 1.06 bits per heavy atom. The van der Waals surface area contributed by atoms with E-state index in [1.807, 2.05) is 24.3 Å². The molecule has 0 spiro atoms. The second kappa shape index (κ2) is 10.5. The molecule has 0 fully saturated rings. The highest BCUT2D eigenvalue weighted by Gasteiger charge is 2.13. The lowest BCUT2D eigenvalue weighted by molar-refractivity contribution is 0.139. The molecule has 166 valence electrons. The van der Waals surface area contributed by atoms with Crippen LogP contribution in [0.3, 0.4) is 0 Å². The molecule has 0 aliphatic heterocycles. The second-order valence-corrected chi connectivity index (χ2v) is 8.61. The minimum atomic E-state index is -0.747. The largest absolute Gasteiger partial charge is 0.506 e. The van der Waals surface area contributed by atoms with Gasteiger partial charge in [-0.25, -0.2) is 0 Å². The molecule has 7 nitrogen and oxygen atoms in total. The number of H-pyrrole nitrogens is 1. The molecule has 0 bridgehead atoms. The van der Waals surface area contributed by atoms with Crippen LogP contribution in [0.2, 0.25) is 0 Å². The van der Waals surface area contributed by atoms with Crippen molar-refractivity contribution in [1.82, 2.24) is 20.6 Å². The molecule has 0 saturated carbocycles. The van der Waals surface area contributed by atoms with Crippen molar-refractivity contribution in [3.8, 4) is 5.75 Å². The molecule has 0 amide bonds. The molecule has 0 saturated heterocycles. The second-order valence-electron chi connectivity index (χ2n) is 7.63. The van der Waals surface area contributed by atoms with Gasteiger partial charge in [0.15, 0.2) is 0 Å². The fourth-order valence-electron chi connectivity index (χ4n) is 3.63. The number of nitrogens with zero attached hydrogens (tertiary/aromatic N) is 1. The van der Waals surface area contributed by atoms with Gasteiger partial charge in [-0.2, -0.15) is 0 Å². The van der Waals surface area contributed by atoms with Crippen molar-refractivity contribution in [2.24, 2.45) is 0 Å². The van der Waals surface area contributed by atoms with Crippen LogP contribution >= 0.6 is 11.3 Å². The number of aliphatic hydroxyl groups is 1.